The van der Waals surface area contributed by atoms with Gasteiger partial charge in [0.25, 0.3) is 5.91 Å². The van der Waals surface area contributed by atoms with E-state index < -0.39 is 0 Å². The Labute approximate surface area is 169 Å². The SMILES string of the molecule is Cc1cc(C)cc(OCCNC(=O)c2ccc(OCc3csc(C)n3)cc2)c1. The van der Waals surface area contributed by atoms with Crippen molar-refractivity contribution >= 4 is 17.2 Å². The molecule has 5 nitrogen and oxygen atoms in total. The van der Waals surface area contributed by atoms with Gasteiger partial charge in [-0.1, -0.05) is 6.07 Å². The Balaban J connectivity index is 1.42. The molecule has 2 aromatic carbocycles. The molecule has 1 N–H and O–H groups in total. The molecule has 0 radical (unpaired) electrons. The van der Waals surface area contributed by atoms with E-state index in [1.165, 1.54) is 0 Å². The lowest BCUT2D eigenvalue weighted by atomic mass is 10.1. The Morgan fingerprint density at radius 3 is 2.36 bits per heavy atom. The summed E-state index contributed by atoms with van der Waals surface area (Å²) in [4.78, 5) is 16.6. The minimum Gasteiger partial charge on any atom is -0.492 e. The van der Waals surface area contributed by atoms with Crippen molar-refractivity contribution in [2.45, 2.75) is 27.4 Å². The van der Waals surface area contributed by atoms with Crippen LogP contribution in [-0.4, -0.2) is 24.0 Å². The molecule has 0 unspecified atom stereocenters. The zero-order valence-corrected chi connectivity index (χ0v) is 17.1. The Morgan fingerprint density at radius 2 is 1.71 bits per heavy atom. The monoisotopic (exact) mass is 396 g/mol. The van der Waals surface area contributed by atoms with Crippen LogP contribution in [0.5, 0.6) is 11.5 Å². The van der Waals surface area contributed by atoms with Gasteiger partial charge < -0.3 is 14.8 Å². The normalized spacial score (nSPS) is 10.5. The second-order valence-electron chi connectivity index (χ2n) is 6.60. The third-order valence-corrected chi connectivity index (χ3v) is 4.84. The van der Waals surface area contributed by atoms with Gasteiger partial charge in [-0.3, -0.25) is 4.79 Å². The molecule has 0 saturated carbocycles. The maximum absolute atomic E-state index is 12.2. The second kappa shape index (κ2) is 9.37. The summed E-state index contributed by atoms with van der Waals surface area (Å²) in [5.41, 5.74) is 3.81. The van der Waals surface area contributed by atoms with Gasteiger partial charge in [0.05, 0.1) is 17.2 Å². The van der Waals surface area contributed by atoms with Crippen LogP contribution in [0.3, 0.4) is 0 Å². The van der Waals surface area contributed by atoms with Crippen molar-refractivity contribution in [2.75, 3.05) is 13.2 Å². The number of thiazole rings is 1. The molecule has 1 aromatic heterocycles. The number of nitrogens with zero attached hydrogens (tertiary/aromatic N) is 1. The average Bonchev–Trinajstić information content (AvgIpc) is 3.08. The maximum Gasteiger partial charge on any atom is 0.251 e. The lowest BCUT2D eigenvalue weighted by Crippen LogP contribution is -2.28. The number of nitrogens with one attached hydrogen (secondary N) is 1. The number of ether oxygens (including phenoxy) is 2. The predicted octanol–water partition coefficient (Wildman–Crippen LogP) is 4.46. The molecule has 0 spiro atoms. The van der Waals surface area contributed by atoms with E-state index in [1.54, 1.807) is 35.6 Å². The first-order chi connectivity index (χ1) is 13.5. The summed E-state index contributed by atoms with van der Waals surface area (Å²) in [6.07, 6.45) is 0. The zero-order chi connectivity index (χ0) is 19.9. The van der Waals surface area contributed by atoms with Crippen molar-refractivity contribution in [3.05, 3.63) is 75.2 Å². The molecule has 0 fully saturated rings. The topological polar surface area (TPSA) is 60.5 Å². The van der Waals surface area contributed by atoms with Gasteiger partial charge in [0.2, 0.25) is 0 Å². The Hall–Kier alpha value is -2.86. The van der Waals surface area contributed by atoms with Crippen molar-refractivity contribution in [1.82, 2.24) is 10.3 Å². The van der Waals surface area contributed by atoms with E-state index in [2.05, 4.69) is 16.4 Å². The van der Waals surface area contributed by atoms with E-state index >= 15 is 0 Å². The molecule has 0 bridgehead atoms. The van der Waals surface area contributed by atoms with Crippen LogP contribution >= 0.6 is 11.3 Å². The van der Waals surface area contributed by atoms with Gasteiger partial charge in [0, 0.05) is 10.9 Å². The molecular formula is C22H24N2O3S. The Morgan fingerprint density at radius 1 is 1.00 bits per heavy atom. The van der Waals surface area contributed by atoms with E-state index in [1.807, 2.05) is 38.3 Å². The van der Waals surface area contributed by atoms with E-state index in [9.17, 15) is 4.79 Å². The molecule has 28 heavy (non-hydrogen) atoms. The van der Waals surface area contributed by atoms with Gasteiger partial charge in [-0.05, 0) is 68.3 Å². The van der Waals surface area contributed by atoms with Crippen molar-refractivity contribution in [1.29, 1.82) is 0 Å². The molecule has 3 aromatic rings. The molecular weight excluding hydrogens is 372 g/mol. The largest absolute Gasteiger partial charge is 0.492 e. The summed E-state index contributed by atoms with van der Waals surface area (Å²) in [5.74, 6) is 1.40. The first-order valence-electron chi connectivity index (χ1n) is 9.13. The number of benzene rings is 2. The van der Waals surface area contributed by atoms with Crippen LogP contribution < -0.4 is 14.8 Å². The van der Waals surface area contributed by atoms with E-state index in [0.29, 0.717) is 31.1 Å². The summed E-state index contributed by atoms with van der Waals surface area (Å²) >= 11 is 1.60. The van der Waals surface area contributed by atoms with Gasteiger partial charge in [0.1, 0.15) is 24.7 Å². The number of carbonyl (C=O) groups is 1. The minimum absolute atomic E-state index is 0.134. The number of amides is 1. The summed E-state index contributed by atoms with van der Waals surface area (Å²) in [6, 6.07) is 13.2. The summed E-state index contributed by atoms with van der Waals surface area (Å²) < 4.78 is 11.4. The third-order valence-electron chi connectivity index (χ3n) is 4.02. The fourth-order valence-electron chi connectivity index (χ4n) is 2.79. The van der Waals surface area contributed by atoms with Crippen molar-refractivity contribution in [3.63, 3.8) is 0 Å². The number of aromatic nitrogens is 1. The van der Waals surface area contributed by atoms with Gasteiger partial charge in [0.15, 0.2) is 0 Å². The van der Waals surface area contributed by atoms with Crippen LogP contribution in [0.1, 0.15) is 32.2 Å². The number of hydrogen-bond donors (Lipinski definition) is 1. The molecule has 146 valence electrons. The van der Waals surface area contributed by atoms with Crippen LogP contribution in [0.2, 0.25) is 0 Å². The van der Waals surface area contributed by atoms with E-state index in [4.69, 9.17) is 9.47 Å². The third kappa shape index (κ3) is 5.82. The van der Waals surface area contributed by atoms with E-state index in [0.717, 1.165) is 27.6 Å². The molecule has 3 rings (SSSR count). The highest BCUT2D eigenvalue weighted by Gasteiger charge is 2.06. The average molecular weight is 397 g/mol. The summed E-state index contributed by atoms with van der Waals surface area (Å²) in [7, 11) is 0. The standard InChI is InChI=1S/C22H24N2O3S/c1-15-10-16(2)12-21(11-15)26-9-8-23-22(25)18-4-6-20(7-5-18)27-13-19-14-28-17(3)24-19/h4-7,10-12,14H,8-9,13H2,1-3H3,(H,23,25). The first-order valence-corrected chi connectivity index (χ1v) is 10.0. The lowest BCUT2D eigenvalue weighted by Gasteiger charge is -2.10. The van der Waals surface area contributed by atoms with Crippen LogP contribution in [-0.2, 0) is 6.61 Å². The van der Waals surface area contributed by atoms with Gasteiger partial charge in [-0.15, -0.1) is 11.3 Å². The first kappa shape index (κ1) is 19.9. The second-order valence-corrected chi connectivity index (χ2v) is 7.66. The zero-order valence-electron chi connectivity index (χ0n) is 16.3. The number of hydrogen-bond acceptors (Lipinski definition) is 5. The molecule has 0 aliphatic heterocycles. The molecule has 1 heterocycles. The molecule has 0 aliphatic rings. The fraction of sp³-hybridized carbons (Fsp3) is 0.273. The highest BCUT2D eigenvalue weighted by molar-refractivity contribution is 7.09. The molecule has 0 saturated heterocycles. The number of aryl methyl sites for hydroxylation is 3. The lowest BCUT2D eigenvalue weighted by molar-refractivity contribution is 0.0947. The maximum atomic E-state index is 12.2. The van der Waals surface area contributed by atoms with Crippen molar-refractivity contribution in [2.24, 2.45) is 0 Å². The van der Waals surface area contributed by atoms with Crippen LogP contribution in [0.25, 0.3) is 0 Å². The Kier molecular flexibility index (Phi) is 6.66. The van der Waals surface area contributed by atoms with Crippen LogP contribution in [0.4, 0.5) is 0 Å². The predicted molar refractivity (Wildman–Crippen MR) is 111 cm³/mol. The smallest absolute Gasteiger partial charge is 0.251 e. The van der Waals surface area contributed by atoms with Crippen molar-refractivity contribution < 1.29 is 14.3 Å². The van der Waals surface area contributed by atoms with E-state index in [-0.39, 0.29) is 5.91 Å². The van der Waals surface area contributed by atoms with Crippen molar-refractivity contribution in [3.8, 4) is 11.5 Å². The minimum atomic E-state index is -0.134. The number of carbonyl (C=O) groups excluding carboxylic acids is 1. The van der Waals surface area contributed by atoms with Gasteiger partial charge in [-0.25, -0.2) is 4.98 Å². The van der Waals surface area contributed by atoms with Crippen LogP contribution in [0, 0.1) is 20.8 Å². The van der Waals surface area contributed by atoms with Gasteiger partial charge in [-0.2, -0.15) is 0 Å². The molecule has 6 heteroatoms. The van der Waals surface area contributed by atoms with Gasteiger partial charge >= 0.3 is 0 Å². The highest BCUT2D eigenvalue weighted by atomic mass is 32.1. The molecule has 1 amide bonds. The Bertz CT molecular complexity index is 915. The molecule has 0 atom stereocenters. The number of rotatable bonds is 8. The summed E-state index contributed by atoms with van der Waals surface area (Å²) in [5, 5.41) is 5.87. The molecule has 0 aliphatic carbocycles. The van der Waals surface area contributed by atoms with Crippen LogP contribution in [0.15, 0.2) is 47.8 Å². The fourth-order valence-corrected chi connectivity index (χ4v) is 3.38. The highest BCUT2D eigenvalue weighted by Crippen LogP contribution is 2.17. The quantitative estimate of drug-likeness (QED) is 0.571. The summed E-state index contributed by atoms with van der Waals surface area (Å²) in [6.45, 7) is 7.32.